The van der Waals surface area contributed by atoms with Gasteiger partial charge in [-0.1, -0.05) is 29.8 Å². The molecule has 0 aliphatic rings. The molecule has 0 saturated carbocycles. The van der Waals surface area contributed by atoms with Gasteiger partial charge < -0.3 is 4.98 Å². The molecule has 1 heterocycles. The minimum absolute atomic E-state index is 0.137. The summed E-state index contributed by atoms with van der Waals surface area (Å²) in [7, 11) is -3.57. The molecule has 23 heavy (non-hydrogen) atoms. The number of hydrogen-bond donors (Lipinski definition) is 2. The lowest BCUT2D eigenvalue weighted by molar-refractivity contribution is 0.572. The number of rotatable bonds is 5. The van der Waals surface area contributed by atoms with E-state index < -0.39 is 10.0 Å². The molecule has 0 atom stereocenters. The summed E-state index contributed by atoms with van der Waals surface area (Å²) in [6, 6.07) is 13.9. The number of benzene rings is 2. The average molecular weight is 331 g/mol. The molecular weight excluding hydrogens is 314 g/mol. The molecule has 6 nitrogen and oxygen atoms in total. The third-order valence-corrected chi connectivity index (χ3v) is 5.12. The van der Waals surface area contributed by atoms with Crippen LogP contribution in [0, 0.1) is 6.92 Å². The molecule has 0 saturated heterocycles. The van der Waals surface area contributed by atoms with Crippen molar-refractivity contribution in [1.29, 1.82) is 0 Å². The molecule has 0 fully saturated rings. The second-order valence-corrected chi connectivity index (χ2v) is 7.08. The van der Waals surface area contributed by atoms with Crippen molar-refractivity contribution in [3.05, 3.63) is 64.6 Å². The Hall–Kier alpha value is -2.38. The van der Waals surface area contributed by atoms with Gasteiger partial charge in [0.25, 0.3) is 0 Å². The number of nitrogens with zero attached hydrogens (tertiary/aromatic N) is 1. The van der Waals surface area contributed by atoms with Gasteiger partial charge in [0.1, 0.15) is 0 Å². The Morgan fingerprint density at radius 3 is 2.52 bits per heavy atom. The molecule has 3 aromatic rings. The molecule has 0 amide bonds. The van der Waals surface area contributed by atoms with Crippen LogP contribution in [0.1, 0.15) is 5.56 Å². The first kappa shape index (κ1) is 15.5. The zero-order valence-corrected chi connectivity index (χ0v) is 13.4. The van der Waals surface area contributed by atoms with Gasteiger partial charge in [-0.2, -0.15) is 0 Å². The smallest absolute Gasteiger partial charge is 0.306 e. The maximum atomic E-state index is 12.2. The van der Waals surface area contributed by atoms with Crippen molar-refractivity contribution < 1.29 is 8.42 Å². The predicted molar refractivity (Wildman–Crippen MR) is 88.9 cm³/mol. The molecule has 3 rings (SSSR count). The van der Waals surface area contributed by atoms with E-state index in [-0.39, 0.29) is 23.7 Å². The molecule has 0 unspecified atom stereocenters. The van der Waals surface area contributed by atoms with Crippen LogP contribution in [0.15, 0.2) is 58.2 Å². The number of aromatic amines is 1. The predicted octanol–water partition coefficient (Wildman–Crippen LogP) is 1.62. The number of H-pyrrole nitrogens is 1. The maximum Gasteiger partial charge on any atom is 0.326 e. The van der Waals surface area contributed by atoms with Gasteiger partial charge in [0.2, 0.25) is 10.0 Å². The number of aryl methyl sites for hydroxylation is 1. The summed E-state index contributed by atoms with van der Waals surface area (Å²) in [5.41, 5.74) is 2.24. The summed E-state index contributed by atoms with van der Waals surface area (Å²) in [6.45, 7) is 2.29. The second kappa shape index (κ2) is 6.02. The molecular formula is C16H17N3O3S. The summed E-state index contributed by atoms with van der Waals surface area (Å²) >= 11 is 0. The highest BCUT2D eigenvalue weighted by molar-refractivity contribution is 7.89. The van der Waals surface area contributed by atoms with Crippen LogP contribution in [-0.2, 0) is 16.6 Å². The normalized spacial score (nSPS) is 11.9. The van der Waals surface area contributed by atoms with E-state index in [9.17, 15) is 13.2 Å². The number of imidazole rings is 1. The summed E-state index contributed by atoms with van der Waals surface area (Å²) < 4.78 is 28.5. The Morgan fingerprint density at radius 1 is 1.09 bits per heavy atom. The monoisotopic (exact) mass is 331 g/mol. The maximum absolute atomic E-state index is 12.2. The number of fused-ring (bicyclic) bond motifs is 1. The Kier molecular flexibility index (Phi) is 4.06. The highest BCUT2D eigenvalue weighted by atomic mass is 32.2. The van der Waals surface area contributed by atoms with Crippen molar-refractivity contribution in [2.24, 2.45) is 0 Å². The van der Waals surface area contributed by atoms with E-state index in [1.54, 1.807) is 24.3 Å². The van der Waals surface area contributed by atoms with Crippen molar-refractivity contribution in [3.8, 4) is 0 Å². The van der Waals surface area contributed by atoms with Gasteiger partial charge in [-0.25, -0.2) is 17.9 Å². The largest absolute Gasteiger partial charge is 0.326 e. The minimum atomic E-state index is -3.57. The number of para-hydroxylation sites is 2. The quantitative estimate of drug-likeness (QED) is 0.745. The van der Waals surface area contributed by atoms with Crippen LogP contribution in [0.5, 0.6) is 0 Å². The highest BCUT2D eigenvalue weighted by Gasteiger charge is 2.13. The lowest BCUT2D eigenvalue weighted by atomic mass is 10.2. The fraction of sp³-hybridized carbons (Fsp3) is 0.188. The molecule has 0 aliphatic carbocycles. The van der Waals surface area contributed by atoms with Gasteiger partial charge in [-0.3, -0.25) is 4.57 Å². The Balaban J connectivity index is 1.75. The molecule has 2 aromatic carbocycles. The van der Waals surface area contributed by atoms with Crippen LogP contribution in [0.4, 0.5) is 0 Å². The molecule has 0 spiro atoms. The van der Waals surface area contributed by atoms with Crippen LogP contribution in [0.3, 0.4) is 0 Å². The van der Waals surface area contributed by atoms with E-state index in [0.29, 0.717) is 0 Å². The van der Waals surface area contributed by atoms with E-state index in [4.69, 9.17) is 0 Å². The van der Waals surface area contributed by atoms with Gasteiger partial charge in [0.05, 0.1) is 15.9 Å². The van der Waals surface area contributed by atoms with E-state index >= 15 is 0 Å². The molecule has 120 valence electrons. The summed E-state index contributed by atoms with van der Waals surface area (Å²) in [4.78, 5) is 14.9. The second-order valence-electron chi connectivity index (χ2n) is 5.31. The Bertz CT molecular complexity index is 985. The lowest BCUT2D eigenvalue weighted by Crippen LogP contribution is -2.30. The number of hydrogen-bond acceptors (Lipinski definition) is 3. The van der Waals surface area contributed by atoms with Gasteiger partial charge >= 0.3 is 5.69 Å². The average Bonchev–Trinajstić information content (AvgIpc) is 2.84. The van der Waals surface area contributed by atoms with Crippen LogP contribution in [0.25, 0.3) is 11.0 Å². The van der Waals surface area contributed by atoms with Crippen molar-refractivity contribution in [1.82, 2.24) is 14.3 Å². The zero-order valence-electron chi connectivity index (χ0n) is 12.6. The molecule has 2 N–H and O–H groups in total. The summed E-state index contributed by atoms with van der Waals surface area (Å²) in [6.07, 6.45) is 0. The molecule has 0 radical (unpaired) electrons. The van der Waals surface area contributed by atoms with Gasteiger partial charge in [-0.15, -0.1) is 0 Å². The Labute approximate surface area is 133 Å². The van der Waals surface area contributed by atoms with Crippen LogP contribution in [0.2, 0.25) is 0 Å². The fourth-order valence-corrected chi connectivity index (χ4v) is 3.44. The van der Waals surface area contributed by atoms with E-state index in [1.807, 2.05) is 31.2 Å². The molecule has 1 aromatic heterocycles. The highest BCUT2D eigenvalue weighted by Crippen LogP contribution is 2.10. The van der Waals surface area contributed by atoms with Gasteiger partial charge in [0, 0.05) is 13.1 Å². The molecule has 0 bridgehead atoms. The lowest BCUT2D eigenvalue weighted by Gasteiger charge is -2.08. The van der Waals surface area contributed by atoms with Gasteiger partial charge in [0.15, 0.2) is 0 Å². The van der Waals surface area contributed by atoms with Crippen molar-refractivity contribution in [3.63, 3.8) is 0 Å². The number of nitrogens with one attached hydrogen (secondary N) is 2. The third-order valence-electron chi connectivity index (χ3n) is 3.64. The first-order valence-corrected chi connectivity index (χ1v) is 8.69. The Morgan fingerprint density at radius 2 is 1.78 bits per heavy atom. The summed E-state index contributed by atoms with van der Waals surface area (Å²) in [5, 5.41) is 0. The third kappa shape index (κ3) is 3.20. The number of sulfonamides is 1. The van der Waals surface area contributed by atoms with E-state index in [0.717, 1.165) is 16.6 Å². The van der Waals surface area contributed by atoms with Crippen molar-refractivity contribution >= 4 is 21.1 Å². The molecule has 0 aliphatic heterocycles. The topological polar surface area (TPSA) is 84.0 Å². The van der Waals surface area contributed by atoms with Gasteiger partial charge in [-0.05, 0) is 31.2 Å². The van der Waals surface area contributed by atoms with E-state index in [1.165, 1.54) is 4.57 Å². The van der Waals surface area contributed by atoms with Crippen LogP contribution >= 0.6 is 0 Å². The zero-order chi connectivity index (χ0) is 16.4. The van der Waals surface area contributed by atoms with Crippen molar-refractivity contribution in [2.75, 3.05) is 6.54 Å². The first-order chi connectivity index (χ1) is 11.0. The standard InChI is InChI=1S/C16H17N3O3S/c1-12-6-8-13(9-7-12)23(21,22)17-10-11-19-15-5-3-2-4-14(15)18-16(19)20/h2-9,17H,10-11H2,1H3,(H,18,20). The SMILES string of the molecule is Cc1ccc(S(=O)(=O)NCCn2c(=O)[nH]c3ccccc32)cc1. The minimum Gasteiger partial charge on any atom is -0.306 e. The van der Waals surface area contributed by atoms with Crippen LogP contribution < -0.4 is 10.4 Å². The van der Waals surface area contributed by atoms with Crippen molar-refractivity contribution in [2.45, 2.75) is 18.4 Å². The first-order valence-electron chi connectivity index (χ1n) is 7.21. The number of aromatic nitrogens is 2. The fourth-order valence-electron chi connectivity index (χ4n) is 2.42. The molecule has 7 heteroatoms. The summed E-state index contributed by atoms with van der Waals surface area (Å²) in [5.74, 6) is 0. The van der Waals surface area contributed by atoms with E-state index in [2.05, 4.69) is 9.71 Å². The van der Waals surface area contributed by atoms with Crippen LogP contribution in [-0.4, -0.2) is 24.5 Å².